The molecule has 4 heterocycles. The fourth-order valence-corrected chi connectivity index (χ4v) is 4.09. The van der Waals surface area contributed by atoms with Crippen LogP contribution in [0.15, 0.2) is 35.1 Å². The van der Waals surface area contributed by atoms with Crippen molar-refractivity contribution in [3.8, 4) is 5.88 Å². The third-order valence-corrected chi connectivity index (χ3v) is 5.53. The van der Waals surface area contributed by atoms with Crippen LogP contribution in [0.4, 0.5) is 0 Å². The molecule has 0 aliphatic carbocycles. The number of hydrogen-bond donors (Lipinski definition) is 0. The van der Waals surface area contributed by atoms with Crippen molar-refractivity contribution < 1.29 is 14.1 Å². The van der Waals surface area contributed by atoms with Gasteiger partial charge in [0.15, 0.2) is 0 Å². The van der Waals surface area contributed by atoms with E-state index in [2.05, 4.69) is 21.1 Å². The zero-order chi connectivity index (χ0) is 17.9. The van der Waals surface area contributed by atoms with Crippen LogP contribution < -0.4 is 4.74 Å². The van der Waals surface area contributed by atoms with Crippen LogP contribution in [0, 0.1) is 11.8 Å². The van der Waals surface area contributed by atoms with Crippen molar-refractivity contribution in [3.63, 3.8) is 0 Å². The Hall–Kier alpha value is -2.41. The van der Waals surface area contributed by atoms with Gasteiger partial charge in [0.1, 0.15) is 0 Å². The van der Waals surface area contributed by atoms with Crippen LogP contribution in [0.2, 0.25) is 0 Å². The zero-order valence-electron chi connectivity index (χ0n) is 15.0. The number of fused-ring (bicyclic) bond motifs is 1. The lowest BCUT2D eigenvalue weighted by molar-refractivity contribution is 0.0738. The maximum Gasteiger partial charge on any atom is 0.292 e. The maximum absolute atomic E-state index is 12.6. The Morgan fingerprint density at radius 3 is 2.69 bits per heavy atom. The van der Waals surface area contributed by atoms with Gasteiger partial charge < -0.3 is 14.2 Å². The van der Waals surface area contributed by atoms with E-state index in [1.807, 2.05) is 23.4 Å². The molecule has 0 radical (unpaired) electrons. The van der Waals surface area contributed by atoms with Crippen molar-refractivity contribution in [1.29, 1.82) is 0 Å². The smallest absolute Gasteiger partial charge is 0.292 e. The lowest BCUT2D eigenvalue weighted by Gasteiger charge is -2.21. The third-order valence-electron chi connectivity index (χ3n) is 5.53. The van der Waals surface area contributed by atoms with Gasteiger partial charge in [-0.05, 0) is 54.6 Å². The van der Waals surface area contributed by atoms with Gasteiger partial charge in [0.2, 0.25) is 5.76 Å². The van der Waals surface area contributed by atoms with E-state index in [1.54, 1.807) is 6.07 Å². The summed E-state index contributed by atoms with van der Waals surface area (Å²) in [6, 6.07) is 5.68. The first-order chi connectivity index (χ1) is 12.7. The molecule has 1 amide bonds. The molecule has 7 heteroatoms. The maximum atomic E-state index is 12.6. The number of likely N-dealkylation sites (tertiary alicyclic amines) is 2. The number of carbonyl (C=O) groups is 1. The van der Waals surface area contributed by atoms with E-state index in [9.17, 15) is 4.79 Å². The molecule has 0 saturated carbocycles. The number of amides is 1. The molecule has 2 atom stereocenters. The van der Waals surface area contributed by atoms with Crippen LogP contribution in [0.5, 0.6) is 5.88 Å². The third kappa shape index (κ3) is 3.58. The molecule has 2 aromatic heterocycles. The lowest BCUT2D eigenvalue weighted by atomic mass is 9.92. The summed E-state index contributed by atoms with van der Waals surface area (Å²) in [7, 11) is 1.51. The second kappa shape index (κ2) is 7.45. The van der Waals surface area contributed by atoms with Crippen molar-refractivity contribution in [1.82, 2.24) is 19.9 Å². The number of rotatable bonds is 4. The summed E-state index contributed by atoms with van der Waals surface area (Å²) in [5, 5.41) is 3.73. The van der Waals surface area contributed by atoms with Gasteiger partial charge in [-0.3, -0.25) is 14.7 Å². The fraction of sp³-hybridized carbons (Fsp3) is 0.526. The molecular formula is C19H24N4O3. The molecule has 2 saturated heterocycles. The Bertz CT molecular complexity index is 732. The van der Waals surface area contributed by atoms with E-state index in [0.717, 1.165) is 45.6 Å². The Labute approximate surface area is 152 Å². The van der Waals surface area contributed by atoms with E-state index in [-0.39, 0.29) is 11.7 Å². The summed E-state index contributed by atoms with van der Waals surface area (Å²) in [5.41, 5.74) is 1.26. The van der Waals surface area contributed by atoms with E-state index in [1.165, 1.54) is 12.7 Å². The van der Waals surface area contributed by atoms with E-state index < -0.39 is 0 Å². The highest BCUT2D eigenvalue weighted by atomic mass is 16.5. The van der Waals surface area contributed by atoms with Crippen molar-refractivity contribution in [2.75, 3.05) is 33.3 Å². The SMILES string of the molecule is COc1cc(C(=O)N2C[C@H]3CCN(Cc4cccnc4)CC[C@H]3C2)on1. The highest BCUT2D eigenvalue weighted by molar-refractivity contribution is 5.91. The van der Waals surface area contributed by atoms with Crippen LogP contribution in [0.1, 0.15) is 29.0 Å². The van der Waals surface area contributed by atoms with Crippen molar-refractivity contribution in [2.24, 2.45) is 11.8 Å². The minimum Gasteiger partial charge on any atom is -0.479 e. The highest BCUT2D eigenvalue weighted by Gasteiger charge is 2.38. The molecule has 2 fully saturated rings. The molecule has 4 rings (SSSR count). The van der Waals surface area contributed by atoms with Gasteiger partial charge in [-0.2, -0.15) is 0 Å². The Balaban J connectivity index is 1.34. The van der Waals surface area contributed by atoms with Gasteiger partial charge in [-0.25, -0.2) is 0 Å². The second-order valence-corrected chi connectivity index (χ2v) is 7.18. The normalized spacial score (nSPS) is 23.5. The predicted molar refractivity (Wildman–Crippen MR) is 94.7 cm³/mol. The number of nitrogens with zero attached hydrogens (tertiary/aromatic N) is 4. The van der Waals surface area contributed by atoms with Gasteiger partial charge in [-0.1, -0.05) is 6.07 Å². The zero-order valence-corrected chi connectivity index (χ0v) is 15.0. The van der Waals surface area contributed by atoms with E-state index in [4.69, 9.17) is 9.26 Å². The molecule has 0 unspecified atom stereocenters. The molecular weight excluding hydrogens is 332 g/mol. The summed E-state index contributed by atoms with van der Waals surface area (Å²) in [6.07, 6.45) is 5.99. The second-order valence-electron chi connectivity index (χ2n) is 7.18. The number of ether oxygens (including phenoxy) is 1. The van der Waals surface area contributed by atoms with Crippen molar-refractivity contribution in [3.05, 3.63) is 41.9 Å². The summed E-state index contributed by atoms with van der Waals surface area (Å²) in [6.45, 7) is 4.68. The Morgan fingerprint density at radius 2 is 2.08 bits per heavy atom. The molecule has 0 spiro atoms. The van der Waals surface area contributed by atoms with Gasteiger partial charge in [0.25, 0.3) is 11.8 Å². The van der Waals surface area contributed by atoms with E-state index in [0.29, 0.717) is 17.7 Å². The van der Waals surface area contributed by atoms with Crippen LogP contribution >= 0.6 is 0 Å². The summed E-state index contributed by atoms with van der Waals surface area (Å²) < 4.78 is 10.1. The summed E-state index contributed by atoms with van der Waals surface area (Å²) in [4.78, 5) is 21.2. The topological polar surface area (TPSA) is 71.7 Å². The summed E-state index contributed by atoms with van der Waals surface area (Å²) >= 11 is 0. The number of pyridine rings is 1. The van der Waals surface area contributed by atoms with Crippen molar-refractivity contribution >= 4 is 5.91 Å². The average Bonchev–Trinajstić information content (AvgIpc) is 3.27. The lowest BCUT2D eigenvalue weighted by Crippen LogP contribution is -2.30. The van der Waals surface area contributed by atoms with Crippen molar-refractivity contribution in [2.45, 2.75) is 19.4 Å². The largest absolute Gasteiger partial charge is 0.479 e. The van der Waals surface area contributed by atoms with Gasteiger partial charge in [-0.15, -0.1) is 0 Å². The molecule has 0 bridgehead atoms. The van der Waals surface area contributed by atoms with Gasteiger partial charge >= 0.3 is 0 Å². The fourth-order valence-electron chi connectivity index (χ4n) is 4.09. The number of methoxy groups -OCH3 is 1. The standard InChI is InChI=1S/C19H24N4O3/c1-25-18-9-17(26-21-18)19(24)23-12-15-4-7-22(8-5-16(15)13-23)11-14-3-2-6-20-10-14/h2-3,6,9-10,15-16H,4-5,7-8,11-13H2,1H3/t15-,16+. The van der Waals surface area contributed by atoms with Crippen LogP contribution in [0.3, 0.4) is 0 Å². The quantitative estimate of drug-likeness (QED) is 0.835. The molecule has 138 valence electrons. The average molecular weight is 356 g/mol. The molecule has 2 aliphatic rings. The number of aromatic nitrogens is 2. The highest BCUT2D eigenvalue weighted by Crippen LogP contribution is 2.33. The molecule has 2 aliphatic heterocycles. The first-order valence-corrected chi connectivity index (χ1v) is 9.14. The van der Waals surface area contributed by atoms with Gasteiger partial charge in [0, 0.05) is 32.0 Å². The van der Waals surface area contributed by atoms with Gasteiger partial charge in [0.05, 0.1) is 13.2 Å². The minimum atomic E-state index is -0.0823. The first kappa shape index (κ1) is 17.0. The predicted octanol–water partition coefficient (Wildman–Crippen LogP) is 2.06. The number of hydrogen-bond acceptors (Lipinski definition) is 6. The minimum absolute atomic E-state index is 0.0823. The molecule has 0 N–H and O–H groups in total. The molecule has 7 nitrogen and oxygen atoms in total. The molecule has 2 aromatic rings. The monoisotopic (exact) mass is 356 g/mol. The van der Waals surface area contributed by atoms with Crippen LogP contribution in [0.25, 0.3) is 0 Å². The summed E-state index contributed by atoms with van der Waals surface area (Å²) in [5.74, 6) is 1.63. The Kier molecular flexibility index (Phi) is 4.88. The van der Waals surface area contributed by atoms with Crippen LogP contribution in [-0.2, 0) is 6.54 Å². The molecule has 26 heavy (non-hydrogen) atoms. The van der Waals surface area contributed by atoms with E-state index >= 15 is 0 Å². The Morgan fingerprint density at radius 1 is 1.31 bits per heavy atom. The number of carbonyl (C=O) groups excluding carboxylic acids is 1. The first-order valence-electron chi connectivity index (χ1n) is 9.14. The van der Waals surface area contributed by atoms with Crippen LogP contribution in [-0.4, -0.2) is 59.1 Å². The molecule has 0 aromatic carbocycles.